The van der Waals surface area contributed by atoms with Crippen molar-refractivity contribution in [3.8, 4) is 0 Å². The molecule has 0 heterocycles. The van der Waals surface area contributed by atoms with Crippen LogP contribution in [0.2, 0.25) is 0 Å². The lowest BCUT2D eigenvalue weighted by Gasteiger charge is -2.25. The molecule has 0 aliphatic heterocycles. The van der Waals surface area contributed by atoms with Crippen LogP contribution in [-0.4, -0.2) is 48.7 Å². The minimum Gasteiger partial charge on any atom is -0.396 e. The molecule has 12 heteroatoms. The maximum atomic E-state index is 14.3. The molecule has 2 rings (SSSR count). The number of hydrogen-bond acceptors (Lipinski definition) is 6. The van der Waals surface area contributed by atoms with Crippen molar-refractivity contribution in [2.45, 2.75) is 33.4 Å². The molecule has 0 aliphatic carbocycles. The Morgan fingerprint density at radius 2 is 1.67 bits per heavy atom. The van der Waals surface area contributed by atoms with Crippen molar-refractivity contribution in [3.05, 3.63) is 48.3 Å². The van der Waals surface area contributed by atoms with Gasteiger partial charge in [-0.15, -0.1) is 11.8 Å². The third-order valence-electron chi connectivity index (χ3n) is 3.99. The highest BCUT2D eigenvalue weighted by Gasteiger charge is 2.55. The Balaban J connectivity index is 2.26. The van der Waals surface area contributed by atoms with Crippen LogP contribution in [0.25, 0.3) is 0 Å². The van der Waals surface area contributed by atoms with Crippen LogP contribution in [0, 0.1) is 5.82 Å². The Morgan fingerprint density at radius 1 is 1.10 bits per heavy atom. The van der Waals surface area contributed by atoms with Crippen molar-refractivity contribution < 1.29 is 41.0 Å². The van der Waals surface area contributed by atoms with E-state index in [9.17, 15) is 35.9 Å². The quantitative estimate of drug-likeness (QED) is 0.427. The maximum absolute atomic E-state index is 14.3. The van der Waals surface area contributed by atoms with E-state index in [1.54, 1.807) is 5.32 Å². The Bertz CT molecular complexity index is 1020. The third-order valence-corrected chi connectivity index (χ3v) is 6.75. The minimum atomic E-state index is -5.29. The third kappa shape index (κ3) is 5.12. The van der Waals surface area contributed by atoms with Gasteiger partial charge in [0.2, 0.25) is 15.4 Å². The second-order valence-electron chi connectivity index (χ2n) is 6.21. The molecular formula is C18H17F4NO5S2. The van der Waals surface area contributed by atoms with E-state index in [4.69, 9.17) is 5.11 Å². The summed E-state index contributed by atoms with van der Waals surface area (Å²) in [5.74, 6) is -2.79. The molecule has 1 atom stereocenters. The average molecular weight is 467 g/mol. The number of hydrogen-bond donors (Lipinski definition) is 3. The molecule has 164 valence electrons. The molecule has 1 amide bonds. The van der Waals surface area contributed by atoms with Crippen LogP contribution in [0.4, 0.5) is 23.2 Å². The molecule has 0 saturated heterocycles. The number of alkyl halides is 3. The van der Waals surface area contributed by atoms with Crippen LogP contribution >= 0.6 is 11.8 Å². The highest BCUT2D eigenvalue weighted by Crippen LogP contribution is 2.32. The fraction of sp³-hybridized carbons (Fsp3) is 0.278. The summed E-state index contributed by atoms with van der Waals surface area (Å²) in [4.78, 5) is 11.7. The van der Waals surface area contributed by atoms with Gasteiger partial charge < -0.3 is 15.5 Å². The molecule has 6 nitrogen and oxygen atoms in total. The Kier molecular flexibility index (Phi) is 7.17. The zero-order valence-electron chi connectivity index (χ0n) is 15.4. The van der Waals surface area contributed by atoms with Crippen LogP contribution in [-0.2, 0) is 14.6 Å². The number of carbonyl (C=O) groups excluding carboxylic acids is 1. The average Bonchev–Trinajstić information content (AvgIpc) is 2.67. The summed E-state index contributed by atoms with van der Waals surface area (Å²) in [5, 5.41) is 19.7. The van der Waals surface area contributed by atoms with Crippen LogP contribution in [0.1, 0.15) is 6.92 Å². The topological polar surface area (TPSA) is 104 Å². The van der Waals surface area contributed by atoms with Gasteiger partial charge >= 0.3 is 6.18 Å². The van der Waals surface area contributed by atoms with Gasteiger partial charge in [-0.1, -0.05) is 0 Å². The number of rotatable bonds is 7. The van der Waals surface area contributed by atoms with Gasteiger partial charge in [-0.3, -0.25) is 4.79 Å². The minimum absolute atomic E-state index is 0.0503. The van der Waals surface area contributed by atoms with E-state index in [1.165, 1.54) is 36.0 Å². The van der Waals surface area contributed by atoms with Crippen molar-refractivity contribution in [2.24, 2.45) is 0 Å². The first-order valence-corrected chi connectivity index (χ1v) is 10.8. The first-order valence-electron chi connectivity index (χ1n) is 8.29. The lowest BCUT2D eigenvalue weighted by atomic mass is 10.1. The van der Waals surface area contributed by atoms with E-state index in [-0.39, 0.29) is 18.4 Å². The number of amides is 1. The number of thioether (sulfide) groups is 1. The molecule has 0 fully saturated rings. The van der Waals surface area contributed by atoms with Crippen LogP contribution in [0.15, 0.2) is 57.2 Å². The Hall–Kier alpha value is -2.15. The van der Waals surface area contributed by atoms with Crippen LogP contribution in [0.5, 0.6) is 0 Å². The Labute approximate surface area is 173 Å². The van der Waals surface area contributed by atoms with Gasteiger partial charge in [0.15, 0.2) is 0 Å². The molecule has 0 radical (unpaired) electrons. The van der Waals surface area contributed by atoms with Gasteiger partial charge in [-0.2, -0.15) is 13.2 Å². The lowest BCUT2D eigenvalue weighted by molar-refractivity contribution is -0.242. The summed E-state index contributed by atoms with van der Waals surface area (Å²) in [6.07, 6.45) is -5.29. The van der Waals surface area contributed by atoms with Gasteiger partial charge in [0.25, 0.3) is 5.91 Å². The molecule has 30 heavy (non-hydrogen) atoms. The van der Waals surface area contributed by atoms with Gasteiger partial charge in [-0.05, 0) is 49.4 Å². The van der Waals surface area contributed by atoms with Crippen molar-refractivity contribution in [1.82, 2.24) is 0 Å². The predicted octanol–water partition coefficient (Wildman–Crippen LogP) is 2.99. The van der Waals surface area contributed by atoms with Gasteiger partial charge in [0.05, 0.1) is 22.1 Å². The maximum Gasteiger partial charge on any atom is 0.426 e. The van der Waals surface area contributed by atoms with Crippen LogP contribution in [0.3, 0.4) is 0 Å². The highest BCUT2D eigenvalue weighted by atomic mass is 32.2. The fourth-order valence-electron chi connectivity index (χ4n) is 2.15. The molecule has 2 aromatic carbocycles. The van der Waals surface area contributed by atoms with E-state index in [1.807, 2.05) is 0 Å². The van der Waals surface area contributed by atoms with E-state index in [0.29, 0.717) is 16.7 Å². The highest BCUT2D eigenvalue weighted by molar-refractivity contribution is 7.99. The van der Waals surface area contributed by atoms with Crippen molar-refractivity contribution >= 4 is 33.2 Å². The monoisotopic (exact) mass is 467 g/mol. The summed E-state index contributed by atoms with van der Waals surface area (Å²) in [6, 6.07) is 7.88. The largest absolute Gasteiger partial charge is 0.426 e. The van der Waals surface area contributed by atoms with Gasteiger partial charge in [0, 0.05) is 10.6 Å². The predicted molar refractivity (Wildman–Crippen MR) is 101 cm³/mol. The molecule has 0 spiro atoms. The number of nitrogens with one attached hydrogen (secondary N) is 1. The summed E-state index contributed by atoms with van der Waals surface area (Å²) < 4.78 is 77.7. The zero-order valence-corrected chi connectivity index (χ0v) is 17.0. The molecule has 2 aromatic rings. The number of carbonyl (C=O) groups is 1. The number of anilines is 1. The smallest absolute Gasteiger partial charge is 0.396 e. The number of benzene rings is 2. The van der Waals surface area contributed by atoms with Crippen molar-refractivity contribution in [3.63, 3.8) is 0 Å². The normalized spacial score (nSPS) is 14.2. The first kappa shape index (κ1) is 24.1. The summed E-state index contributed by atoms with van der Waals surface area (Å²) in [7, 11) is -4.14. The molecule has 0 saturated carbocycles. The molecule has 1 unspecified atom stereocenters. The standard InChI is InChI=1S/C18H17F4NO5S2/c1-17(26,18(20,21)22)16(25)23-15-7-6-13(10-14(15)19)30(27,28)12-4-2-11(3-5-12)29-9-8-24/h2-7,10,24,26H,8-9H2,1H3,(H,23,25). The van der Waals surface area contributed by atoms with Gasteiger partial charge in [-0.25, -0.2) is 12.8 Å². The summed E-state index contributed by atoms with van der Waals surface area (Å²) in [6.45, 7) is 0.160. The molecule has 0 bridgehead atoms. The van der Waals surface area contributed by atoms with Crippen molar-refractivity contribution in [2.75, 3.05) is 17.7 Å². The number of halogens is 4. The molecule has 0 aliphatic rings. The zero-order chi connectivity index (χ0) is 22.7. The molecular weight excluding hydrogens is 450 g/mol. The van der Waals surface area contributed by atoms with E-state index in [2.05, 4.69) is 0 Å². The van der Waals surface area contributed by atoms with Crippen molar-refractivity contribution in [1.29, 1.82) is 0 Å². The summed E-state index contributed by atoms with van der Waals surface area (Å²) >= 11 is 1.30. The van der Waals surface area contributed by atoms with Crippen LogP contribution < -0.4 is 5.32 Å². The second kappa shape index (κ2) is 8.92. The number of sulfone groups is 1. The van der Waals surface area contributed by atoms with E-state index >= 15 is 0 Å². The molecule has 3 N–H and O–H groups in total. The fourth-order valence-corrected chi connectivity index (χ4v) is 4.08. The lowest BCUT2D eigenvalue weighted by Crippen LogP contribution is -2.52. The first-order chi connectivity index (χ1) is 13.8. The van der Waals surface area contributed by atoms with Gasteiger partial charge in [0.1, 0.15) is 5.82 Å². The van der Waals surface area contributed by atoms with E-state index < -0.39 is 43.9 Å². The second-order valence-corrected chi connectivity index (χ2v) is 9.33. The Morgan fingerprint density at radius 3 is 2.17 bits per heavy atom. The number of aliphatic hydroxyl groups excluding tert-OH is 1. The number of aliphatic hydroxyl groups is 2. The summed E-state index contributed by atoms with van der Waals surface area (Å²) in [5.41, 5.74) is -4.49. The molecule has 0 aromatic heterocycles. The van der Waals surface area contributed by atoms with E-state index in [0.717, 1.165) is 12.1 Å². The SMILES string of the molecule is CC(O)(C(=O)Nc1ccc(S(=O)(=O)c2ccc(SCCO)cc2)cc1F)C(F)(F)F.